The number of nitrogens with zero attached hydrogens (tertiary/aromatic N) is 2. The van der Waals surface area contributed by atoms with E-state index in [1.807, 2.05) is 12.1 Å². The summed E-state index contributed by atoms with van der Waals surface area (Å²) in [6.45, 7) is 0.725. The number of fused-ring (bicyclic) bond motifs is 2. The van der Waals surface area contributed by atoms with Gasteiger partial charge in [0.2, 0.25) is 17.4 Å². The lowest BCUT2D eigenvalue weighted by Gasteiger charge is -2.31. The van der Waals surface area contributed by atoms with Gasteiger partial charge in [0.1, 0.15) is 18.4 Å². The maximum Gasteiger partial charge on any atom is 0.418 e. The summed E-state index contributed by atoms with van der Waals surface area (Å²) in [5, 5.41) is 2.72. The van der Waals surface area contributed by atoms with Crippen molar-refractivity contribution < 1.29 is 41.5 Å². The van der Waals surface area contributed by atoms with E-state index >= 15 is 0 Å². The molecule has 2 aliphatic rings. The first-order chi connectivity index (χ1) is 20.3. The first-order valence-electron chi connectivity index (χ1n) is 13.5. The van der Waals surface area contributed by atoms with Crippen LogP contribution in [0.5, 0.6) is 0 Å². The molecule has 1 aliphatic carbocycles. The summed E-state index contributed by atoms with van der Waals surface area (Å²) >= 11 is 0. The Morgan fingerprint density at radius 1 is 1.05 bits per heavy atom. The Bertz CT molecular complexity index is 1610. The van der Waals surface area contributed by atoms with Crippen LogP contribution in [0.2, 0.25) is 0 Å². The third kappa shape index (κ3) is 5.81. The number of imide groups is 1. The molecule has 1 heterocycles. The lowest BCUT2D eigenvalue weighted by molar-refractivity contribution is -0.187. The first kappa shape index (κ1) is 29.7. The Morgan fingerprint density at radius 2 is 1.74 bits per heavy atom. The third-order valence-electron chi connectivity index (χ3n) is 7.70. The molecule has 43 heavy (non-hydrogen) atoms. The van der Waals surface area contributed by atoms with Gasteiger partial charge in [-0.2, -0.15) is 13.2 Å². The summed E-state index contributed by atoms with van der Waals surface area (Å²) in [6, 6.07) is 14.8. The summed E-state index contributed by atoms with van der Waals surface area (Å²) in [4.78, 5) is 52.2. The van der Waals surface area contributed by atoms with Gasteiger partial charge in [-0.1, -0.05) is 42.5 Å². The molecular weight excluding hydrogens is 570 g/mol. The van der Waals surface area contributed by atoms with Crippen molar-refractivity contribution >= 4 is 29.5 Å². The molecule has 3 aromatic rings. The van der Waals surface area contributed by atoms with Gasteiger partial charge in [-0.25, -0.2) is 14.1 Å². The van der Waals surface area contributed by atoms with E-state index in [-0.39, 0.29) is 17.9 Å². The second-order valence-corrected chi connectivity index (χ2v) is 10.6. The number of benzene rings is 3. The Balaban J connectivity index is 1.38. The van der Waals surface area contributed by atoms with Crippen molar-refractivity contribution in [1.29, 1.82) is 0 Å². The van der Waals surface area contributed by atoms with Gasteiger partial charge in [0.25, 0.3) is 5.91 Å². The number of ether oxygens (including phenoxy) is 1. The Labute approximate surface area is 244 Å². The van der Waals surface area contributed by atoms with Crippen LogP contribution in [0.15, 0.2) is 66.7 Å². The van der Waals surface area contributed by atoms with Crippen LogP contribution in [-0.2, 0) is 37.7 Å². The predicted molar refractivity (Wildman–Crippen MR) is 147 cm³/mol. The van der Waals surface area contributed by atoms with Gasteiger partial charge in [-0.3, -0.25) is 14.4 Å². The van der Waals surface area contributed by atoms with E-state index in [0.717, 1.165) is 35.7 Å². The standard InChI is InChI=1S/C31H27F4N3O5/c1-18(31(33,34)35)37(16-20-6-9-24(32)10-7-20)27(40)17-38-28(41)30(43-29(38)42)13-12-23-14-22(8-11-26(23)30)21-4-3-5-25(15-21)36-19(2)39/h3-11,14-15,18H,12-13,16-17H2,1-2H3,(H,36,39)/t18-,30+/m0/s1. The van der Waals surface area contributed by atoms with Gasteiger partial charge in [0, 0.05) is 31.1 Å². The number of rotatable bonds is 7. The molecule has 1 N–H and O–H groups in total. The second kappa shape index (κ2) is 11.2. The van der Waals surface area contributed by atoms with Crippen LogP contribution in [0, 0.1) is 5.82 Å². The molecule has 12 heteroatoms. The second-order valence-electron chi connectivity index (χ2n) is 10.6. The van der Waals surface area contributed by atoms with Gasteiger partial charge in [-0.15, -0.1) is 0 Å². The SMILES string of the molecule is CC(=O)Nc1cccc(-c2ccc3c(c2)CC[C@@]32OC(=O)N(CC(=O)N(Cc3ccc(F)cc3)[C@@H](C)C(F)(F)F)C2=O)c1. The Morgan fingerprint density at radius 3 is 2.42 bits per heavy atom. The van der Waals surface area contributed by atoms with Crippen molar-refractivity contribution in [3.63, 3.8) is 0 Å². The number of nitrogens with one attached hydrogen (secondary N) is 1. The van der Waals surface area contributed by atoms with Crippen molar-refractivity contribution in [1.82, 2.24) is 9.80 Å². The van der Waals surface area contributed by atoms with E-state index in [0.29, 0.717) is 27.5 Å². The number of carbonyl (C=O) groups excluding carboxylic acids is 4. The van der Waals surface area contributed by atoms with Gasteiger partial charge in [0.15, 0.2) is 0 Å². The maximum absolute atomic E-state index is 13.7. The maximum atomic E-state index is 13.7. The fourth-order valence-corrected chi connectivity index (χ4v) is 5.44. The molecule has 0 saturated carbocycles. The predicted octanol–water partition coefficient (Wildman–Crippen LogP) is 5.55. The fraction of sp³-hybridized carbons (Fsp3) is 0.290. The number of carbonyl (C=O) groups is 4. The number of aryl methyl sites for hydroxylation is 1. The third-order valence-corrected chi connectivity index (χ3v) is 7.70. The molecular formula is C31H27F4N3O5. The highest BCUT2D eigenvalue weighted by Gasteiger charge is 2.58. The summed E-state index contributed by atoms with van der Waals surface area (Å²) < 4.78 is 60.0. The Kier molecular flexibility index (Phi) is 7.72. The molecule has 4 amide bonds. The van der Waals surface area contributed by atoms with Crippen LogP contribution >= 0.6 is 0 Å². The van der Waals surface area contributed by atoms with Crippen LogP contribution < -0.4 is 5.32 Å². The smallest absolute Gasteiger partial charge is 0.418 e. The van der Waals surface area contributed by atoms with E-state index in [1.54, 1.807) is 30.3 Å². The minimum absolute atomic E-state index is 0.102. The van der Waals surface area contributed by atoms with Crippen LogP contribution in [0.25, 0.3) is 11.1 Å². The highest BCUT2D eigenvalue weighted by Crippen LogP contribution is 2.46. The van der Waals surface area contributed by atoms with Crippen molar-refractivity contribution in [3.8, 4) is 11.1 Å². The van der Waals surface area contributed by atoms with Gasteiger partial charge < -0.3 is 15.0 Å². The molecule has 0 bridgehead atoms. The van der Waals surface area contributed by atoms with Gasteiger partial charge >= 0.3 is 12.3 Å². The Hall–Kier alpha value is -4.74. The highest BCUT2D eigenvalue weighted by atomic mass is 19.4. The molecule has 1 spiro atoms. The van der Waals surface area contributed by atoms with Crippen LogP contribution in [0.4, 0.5) is 28.0 Å². The van der Waals surface area contributed by atoms with Gasteiger partial charge in [-0.05, 0) is 59.9 Å². The number of hydrogen-bond acceptors (Lipinski definition) is 5. The highest BCUT2D eigenvalue weighted by molar-refractivity contribution is 6.06. The monoisotopic (exact) mass is 597 g/mol. The number of anilines is 1. The van der Waals surface area contributed by atoms with Crippen molar-refractivity contribution in [3.05, 3.63) is 89.2 Å². The molecule has 5 rings (SSSR count). The average molecular weight is 598 g/mol. The first-order valence-corrected chi connectivity index (χ1v) is 13.5. The number of hydrogen-bond donors (Lipinski definition) is 1. The normalized spacial score (nSPS) is 18.4. The summed E-state index contributed by atoms with van der Waals surface area (Å²) in [5.41, 5.74) is 1.92. The number of amides is 4. The van der Waals surface area contributed by atoms with Crippen LogP contribution in [0.1, 0.15) is 37.0 Å². The molecule has 3 aromatic carbocycles. The molecule has 8 nitrogen and oxygen atoms in total. The molecule has 0 unspecified atom stereocenters. The quantitative estimate of drug-likeness (QED) is 0.361. The van der Waals surface area contributed by atoms with E-state index in [4.69, 9.17) is 4.74 Å². The lowest BCUT2D eigenvalue weighted by atomic mass is 9.93. The number of alkyl halides is 3. The molecule has 224 valence electrons. The zero-order valence-electron chi connectivity index (χ0n) is 23.2. The minimum atomic E-state index is -4.80. The zero-order chi connectivity index (χ0) is 31.1. The van der Waals surface area contributed by atoms with E-state index in [9.17, 15) is 36.7 Å². The average Bonchev–Trinajstić information content (AvgIpc) is 3.43. The molecule has 0 radical (unpaired) electrons. The molecule has 1 saturated heterocycles. The fourth-order valence-electron chi connectivity index (χ4n) is 5.44. The summed E-state index contributed by atoms with van der Waals surface area (Å²) in [5.74, 6) is -2.76. The van der Waals surface area contributed by atoms with Crippen molar-refractivity contribution in [2.45, 2.75) is 51.1 Å². The summed E-state index contributed by atoms with van der Waals surface area (Å²) in [7, 11) is 0. The topological polar surface area (TPSA) is 96.0 Å². The molecule has 2 atom stereocenters. The lowest BCUT2D eigenvalue weighted by Crippen LogP contribution is -2.51. The molecule has 1 fully saturated rings. The van der Waals surface area contributed by atoms with Crippen LogP contribution in [0.3, 0.4) is 0 Å². The van der Waals surface area contributed by atoms with Crippen molar-refractivity contribution in [2.24, 2.45) is 0 Å². The van der Waals surface area contributed by atoms with Gasteiger partial charge in [0.05, 0.1) is 0 Å². The summed E-state index contributed by atoms with van der Waals surface area (Å²) in [6.07, 6.45) is -5.45. The molecule has 0 aromatic heterocycles. The van der Waals surface area contributed by atoms with Crippen LogP contribution in [-0.4, -0.2) is 52.4 Å². The van der Waals surface area contributed by atoms with Crippen molar-refractivity contribution in [2.75, 3.05) is 11.9 Å². The largest absolute Gasteiger partial charge is 0.427 e. The number of halogens is 4. The molecule has 1 aliphatic heterocycles. The van der Waals surface area contributed by atoms with E-state index in [1.165, 1.54) is 19.1 Å². The zero-order valence-corrected chi connectivity index (χ0v) is 23.2. The van der Waals surface area contributed by atoms with E-state index in [2.05, 4.69) is 5.32 Å². The minimum Gasteiger partial charge on any atom is -0.427 e. The van der Waals surface area contributed by atoms with E-state index < -0.39 is 54.6 Å².